The predicted molar refractivity (Wildman–Crippen MR) is 113 cm³/mol. The van der Waals surface area contributed by atoms with Crippen LogP contribution >= 0.6 is 0 Å². The van der Waals surface area contributed by atoms with Gasteiger partial charge in [0.2, 0.25) is 10.0 Å². The second-order valence-electron chi connectivity index (χ2n) is 10.2. The van der Waals surface area contributed by atoms with E-state index in [0.29, 0.717) is 35.4 Å². The monoisotopic (exact) mass is 431 g/mol. The van der Waals surface area contributed by atoms with Crippen molar-refractivity contribution >= 4 is 27.5 Å². The van der Waals surface area contributed by atoms with Crippen LogP contribution in [-0.2, 0) is 26.0 Å². The maximum atomic E-state index is 13.1. The number of fused-ring (bicyclic) bond motifs is 1. The number of sulfonamides is 1. The van der Waals surface area contributed by atoms with Crippen LogP contribution in [0.5, 0.6) is 0 Å². The van der Waals surface area contributed by atoms with Crippen molar-refractivity contribution in [2.75, 3.05) is 17.2 Å². The van der Waals surface area contributed by atoms with Gasteiger partial charge in [-0.25, -0.2) is 13.2 Å². The Bertz CT molecular complexity index is 979. The molecule has 4 saturated carbocycles. The Morgan fingerprint density at radius 1 is 1.10 bits per heavy atom. The van der Waals surface area contributed by atoms with Gasteiger partial charge in [0.15, 0.2) is 12.4 Å². The molecule has 1 heterocycles. The van der Waals surface area contributed by atoms with Crippen LogP contribution in [-0.4, -0.2) is 39.1 Å². The molecule has 4 fully saturated rings. The van der Waals surface area contributed by atoms with Gasteiger partial charge < -0.3 is 4.74 Å². The van der Waals surface area contributed by atoms with Crippen LogP contribution in [0.1, 0.15) is 61.4 Å². The molecule has 5 aliphatic rings. The summed E-state index contributed by atoms with van der Waals surface area (Å²) in [6.07, 6.45) is 8.44. The number of carbonyl (C=O) groups excluding carboxylic acids is 2. The number of ether oxygens (including phenoxy) is 1. The van der Waals surface area contributed by atoms with Gasteiger partial charge >= 0.3 is 5.97 Å². The smallest absolute Gasteiger partial charge is 0.338 e. The minimum Gasteiger partial charge on any atom is -0.454 e. The molecule has 0 radical (unpaired) electrons. The molecule has 1 unspecified atom stereocenters. The highest BCUT2D eigenvalue weighted by molar-refractivity contribution is 7.92. The largest absolute Gasteiger partial charge is 0.454 e. The molecule has 0 N–H and O–H groups in total. The number of rotatable bonds is 5. The summed E-state index contributed by atoms with van der Waals surface area (Å²) in [5.74, 6) is 1.60. The van der Waals surface area contributed by atoms with Crippen molar-refractivity contribution in [2.45, 2.75) is 57.9 Å². The fourth-order valence-electron chi connectivity index (χ4n) is 7.05. The van der Waals surface area contributed by atoms with E-state index in [1.807, 2.05) is 6.92 Å². The first-order valence-corrected chi connectivity index (χ1v) is 12.8. The topological polar surface area (TPSA) is 80.8 Å². The van der Waals surface area contributed by atoms with E-state index in [9.17, 15) is 18.0 Å². The van der Waals surface area contributed by atoms with E-state index in [-0.39, 0.29) is 23.8 Å². The molecule has 0 saturated heterocycles. The zero-order valence-electron chi connectivity index (χ0n) is 17.6. The first kappa shape index (κ1) is 20.0. The van der Waals surface area contributed by atoms with Gasteiger partial charge in [-0.3, -0.25) is 9.10 Å². The highest BCUT2D eigenvalue weighted by atomic mass is 32.2. The first-order chi connectivity index (χ1) is 14.1. The van der Waals surface area contributed by atoms with Crippen molar-refractivity contribution in [1.82, 2.24) is 0 Å². The number of carbonyl (C=O) groups is 2. The molecule has 4 bridgehead atoms. The zero-order chi connectivity index (χ0) is 21.3. The van der Waals surface area contributed by atoms with Crippen molar-refractivity contribution in [3.8, 4) is 0 Å². The molecule has 162 valence electrons. The lowest BCUT2D eigenvalue weighted by Gasteiger charge is -2.55. The molecule has 0 amide bonds. The van der Waals surface area contributed by atoms with Crippen molar-refractivity contribution in [1.29, 1.82) is 0 Å². The van der Waals surface area contributed by atoms with E-state index in [2.05, 4.69) is 0 Å². The second kappa shape index (κ2) is 6.81. The normalized spacial score (nSPS) is 34.1. The Morgan fingerprint density at radius 2 is 1.70 bits per heavy atom. The van der Waals surface area contributed by atoms with E-state index < -0.39 is 16.0 Å². The molecule has 1 aromatic rings. The summed E-state index contributed by atoms with van der Waals surface area (Å²) < 4.78 is 31.0. The molecule has 30 heavy (non-hydrogen) atoms. The van der Waals surface area contributed by atoms with Gasteiger partial charge in [-0.2, -0.15) is 0 Å². The highest BCUT2D eigenvalue weighted by Crippen LogP contribution is 2.60. The van der Waals surface area contributed by atoms with Crippen molar-refractivity contribution in [3.63, 3.8) is 0 Å². The van der Waals surface area contributed by atoms with Crippen LogP contribution in [0.4, 0.5) is 5.69 Å². The third-order valence-electron chi connectivity index (χ3n) is 7.79. The Balaban J connectivity index is 1.27. The number of benzene rings is 1. The summed E-state index contributed by atoms with van der Waals surface area (Å²) in [6, 6.07) is 4.78. The number of Topliss-reactive ketones (excluding diaryl/α,β-unsaturated/α-hetero) is 1. The van der Waals surface area contributed by atoms with Crippen LogP contribution in [0.3, 0.4) is 0 Å². The number of esters is 1. The van der Waals surface area contributed by atoms with Crippen LogP contribution < -0.4 is 4.31 Å². The van der Waals surface area contributed by atoms with E-state index >= 15 is 0 Å². The molecule has 1 aliphatic heterocycles. The van der Waals surface area contributed by atoms with Crippen LogP contribution in [0.2, 0.25) is 0 Å². The molecule has 1 atom stereocenters. The van der Waals surface area contributed by atoms with Crippen LogP contribution in [0.15, 0.2) is 18.2 Å². The molecule has 6 rings (SSSR count). The lowest BCUT2D eigenvalue weighted by molar-refractivity contribution is -0.147. The fourth-order valence-corrected chi connectivity index (χ4v) is 8.32. The summed E-state index contributed by atoms with van der Waals surface area (Å²) in [6.45, 7) is 1.69. The van der Waals surface area contributed by atoms with Gasteiger partial charge in [0.25, 0.3) is 0 Å². The second-order valence-corrected chi connectivity index (χ2v) is 12.0. The highest BCUT2D eigenvalue weighted by Gasteiger charge is 2.54. The van der Waals surface area contributed by atoms with Gasteiger partial charge in [0, 0.05) is 11.5 Å². The van der Waals surface area contributed by atoms with Crippen molar-refractivity contribution < 1.29 is 22.7 Å². The zero-order valence-corrected chi connectivity index (χ0v) is 18.4. The lowest BCUT2D eigenvalue weighted by Crippen LogP contribution is -2.51. The summed E-state index contributed by atoms with van der Waals surface area (Å²) in [5.41, 5.74) is 1.54. The first-order valence-electron chi connectivity index (χ1n) is 11.0. The van der Waals surface area contributed by atoms with Crippen LogP contribution in [0, 0.1) is 23.2 Å². The van der Waals surface area contributed by atoms with E-state index in [0.717, 1.165) is 24.8 Å². The molecule has 6 nitrogen and oxygen atoms in total. The quantitative estimate of drug-likeness (QED) is 0.668. The van der Waals surface area contributed by atoms with Gasteiger partial charge in [-0.15, -0.1) is 0 Å². The minimum atomic E-state index is -3.37. The van der Waals surface area contributed by atoms with Gasteiger partial charge in [-0.1, -0.05) is 0 Å². The lowest BCUT2D eigenvalue weighted by atomic mass is 9.48. The van der Waals surface area contributed by atoms with Crippen LogP contribution in [0.25, 0.3) is 0 Å². The molecule has 7 heteroatoms. The molecule has 0 aromatic heterocycles. The Morgan fingerprint density at radius 3 is 2.27 bits per heavy atom. The average Bonchev–Trinajstić information content (AvgIpc) is 2.99. The van der Waals surface area contributed by atoms with Gasteiger partial charge in [-0.05, 0) is 93.4 Å². The maximum absolute atomic E-state index is 13.1. The van der Waals surface area contributed by atoms with Crippen molar-refractivity contribution in [2.24, 2.45) is 23.2 Å². The number of hydrogen-bond acceptors (Lipinski definition) is 5. The number of nitrogens with zero attached hydrogens (tertiary/aromatic N) is 1. The number of anilines is 1. The SMILES string of the molecule is CC1Cc2cc(C(=O)OCC(=O)C34CC5CC(CC(C5)C3)C4)ccc2N1S(C)(=O)=O. The summed E-state index contributed by atoms with van der Waals surface area (Å²) in [4.78, 5) is 25.7. The third kappa shape index (κ3) is 3.26. The number of ketones is 1. The minimum absolute atomic E-state index is 0.0907. The maximum Gasteiger partial charge on any atom is 0.338 e. The molecular formula is C23H29NO5S. The molecule has 0 spiro atoms. The van der Waals surface area contributed by atoms with Gasteiger partial charge in [0.1, 0.15) is 0 Å². The van der Waals surface area contributed by atoms with Gasteiger partial charge in [0.05, 0.1) is 17.5 Å². The van der Waals surface area contributed by atoms with E-state index in [1.165, 1.54) is 29.8 Å². The predicted octanol–water partition coefficient (Wildman–Crippen LogP) is 3.34. The van der Waals surface area contributed by atoms with E-state index in [1.54, 1.807) is 18.2 Å². The Labute approximate surface area is 178 Å². The van der Waals surface area contributed by atoms with Crippen molar-refractivity contribution in [3.05, 3.63) is 29.3 Å². The molecule has 1 aromatic carbocycles. The molecule has 4 aliphatic carbocycles. The summed E-state index contributed by atoms with van der Waals surface area (Å²) in [5, 5.41) is 0. The Hall–Kier alpha value is -1.89. The summed E-state index contributed by atoms with van der Waals surface area (Å²) >= 11 is 0. The van der Waals surface area contributed by atoms with E-state index in [4.69, 9.17) is 4.74 Å². The molecular weight excluding hydrogens is 402 g/mol. The Kier molecular flexibility index (Phi) is 4.55. The average molecular weight is 432 g/mol. The fraction of sp³-hybridized carbons (Fsp3) is 0.652. The third-order valence-corrected chi connectivity index (χ3v) is 9.06. The summed E-state index contributed by atoms with van der Waals surface area (Å²) in [7, 11) is -3.37. The standard InChI is InChI=1S/C23H29NO5S/c1-14-5-19-9-18(3-4-20(19)24(14)30(2,27)28)22(26)29-13-21(25)23-10-15-6-16(11-23)8-17(7-15)12-23/h3-4,9,14-17H,5-8,10-13H2,1-2H3. The number of hydrogen-bond donors (Lipinski definition) is 0.